The number of hydrogen-bond donors (Lipinski definition) is 2. The minimum atomic E-state index is 0.0226. The average Bonchev–Trinajstić information content (AvgIpc) is 2.21. The molecule has 0 heterocycles. The standard InChI is InChI=1S/C12H24N2O3/c1-4-17-11-5-10(6-11)13-7-12(15)14-9(2)8-16-3/h9-11,13H,4-8H2,1-3H3,(H,14,15). The van der Waals surface area contributed by atoms with Crippen LogP contribution >= 0.6 is 0 Å². The van der Waals surface area contributed by atoms with Crippen molar-refractivity contribution in [3.05, 3.63) is 0 Å². The molecule has 1 amide bonds. The molecule has 0 aromatic carbocycles. The summed E-state index contributed by atoms with van der Waals surface area (Å²) in [5, 5.41) is 6.08. The number of nitrogens with one attached hydrogen (secondary N) is 2. The lowest BCUT2D eigenvalue weighted by molar-refractivity contribution is -0.121. The predicted octanol–water partition coefficient (Wildman–Crippen LogP) is 0.295. The van der Waals surface area contributed by atoms with E-state index in [9.17, 15) is 4.79 Å². The van der Waals surface area contributed by atoms with Crippen LogP contribution in [0.15, 0.2) is 0 Å². The third kappa shape index (κ3) is 5.48. The zero-order chi connectivity index (χ0) is 12.7. The summed E-state index contributed by atoms with van der Waals surface area (Å²) >= 11 is 0. The van der Waals surface area contributed by atoms with E-state index >= 15 is 0 Å². The molecule has 0 aliphatic heterocycles. The van der Waals surface area contributed by atoms with Gasteiger partial charge >= 0.3 is 0 Å². The van der Waals surface area contributed by atoms with E-state index in [2.05, 4.69) is 10.6 Å². The summed E-state index contributed by atoms with van der Waals surface area (Å²) in [5.74, 6) is 0.0226. The van der Waals surface area contributed by atoms with Gasteiger partial charge in [-0.25, -0.2) is 0 Å². The molecule has 0 spiro atoms. The van der Waals surface area contributed by atoms with Crippen LogP contribution in [0.4, 0.5) is 0 Å². The van der Waals surface area contributed by atoms with E-state index in [-0.39, 0.29) is 11.9 Å². The van der Waals surface area contributed by atoms with Crippen LogP contribution in [-0.2, 0) is 14.3 Å². The van der Waals surface area contributed by atoms with Gasteiger partial charge in [0.1, 0.15) is 0 Å². The lowest BCUT2D eigenvalue weighted by atomic mass is 9.89. The second kappa shape index (κ2) is 7.63. The SMILES string of the molecule is CCOC1CC(NCC(=O)NC(C)COC)C1. The van der Waals surface area contributed by atoms with Crippen molar-refractivity contribution in [1.29, 1.82) is 0 Å². The van der Waals surface area contributed by atoms with E-state index in [0.29, 0.717) is 25.3 Å². The fraction of sp³-hybridized carbons (Fsp3) is 0.917. The summed E-state index contributed by atoms with van der Waals surface area (Å²) in [7, 11) is 1.63. The maximum absolute atomic E-state index is 11.5. The van der Waals surface area contributed by atoms with Crippen molar-refractivity contribution in [2.24, 2.45) is 0 Å². The van der Waals surface area contributed by atoms with Crippen molar-refractivity contribution >= 4 is 5.91 Å². The number of amides is 1. The van der Waals surface area contributed by atoms with E-state index < -0.39 is 0 Å². The molecule has 1 saturated carbocycles. The van der Waals surface area contributed by atoms with Gasteiger partial charge in [0.2, 0.25) is 5.91 Å². The molecule has 0 aromatic rings. The quantitative estimate of drug-likeness (QED) is 0.644. The highest BCUT2D eigenvalue weighted by molar-refractivity contribution is 5.78. The van der Waals surface area contributed by atoms with Crippen LogP contribution in [0.1, 0.15) is 26.7 Å². The molecule has 0 saturated heterocycles. The third-order valence-electron chi connectivity index (χ3n) is 2.87. The molecule has 5 heteroatoms. The van der Waals surface area contributed by atoms with Gasteiger partial charge in [-0.3, -0.25) is 4.79 Å². The smallest absolute Gasteiger partial charge is 0.234 e. The largest absolute Gasteiger partial charge is 0.383 e. The molecule has 1 atom stereocenters. The van der Waals surface area contributed by atoms with E-state index in [4.69, 9.17) is 9.47 Å². The number of carbonyl (C=O) groups excluding carboxylic acids is 1. The predicted molar refractivity (Wildman–Crippen MR) is 65.9 cm³/mol. The van der Waals surface area contributed by atoms with Gasteiger partial charge in [0.15, 0.2) is 0 Å². The van der Waals surface area contributed by atoms with Crippen molar-refractivity contribution in [2.45, 2.75) is 44.9 Å². The first-order valence-corrected chi connectivity index (χ1v) is 6.29. The minimum Gasteiger partial charge on any atom is -0.383 e. The van der Waals surface area contributed by atoms with Crippen LogP contribution in [-0.4, -0.2) is 51.0 Å². The number of methoxy groups -OCH3 is 1. The summed E-state index contributed by atoms with van der Waals surface area (Å²) in [6.07, 6.45) is 2.40. The van der Waals surface area contributed by atoms with Crippen LogP contribution in [0.2, 0.25) is 0 Å². The van der Waals surface area contributed by atoms with Gasteiger partial charge in [-0.1, -0.05) is 0 Å². The first-order chi connectivity index (χ1) is 8.15. The lowest BCUT2D eigenvalue weighted by Gasteiger charge is -2.35. The molecule has 17 heavy (non-hydrogen) atoms. The normalized spacial score (nSPS) is 25.1. The Balaban J connectivity index is 2.01. The molecule has 1 fully saturated rings. The summed E-state index contributed by atoms with van der Waals surface area (Å²) < 4.78 is 10.4. The van der Waals surface area contributed by atoms with Crippen molar-refractivity contribution in [1.82, 2.24) is 10.6 Å². The average molecular weight is 244 g/mol. The summed E-state index contributed by atoms with van der Waals surface area (Å²) in [4.78, 5) is 11.5. The molecular formula is C12H24N2O3. The Morgan fingerprint density at radius 3 is 2.76 bits per heavy atom. The Hall–Kier alpha value is -0.650. The summed E-state index contributed by atoms with van der Waals surface area (Å²) in [5.41, 5.74) is 0. The number of rotatable bonds is 8. The number of carbonyl (C=O) groups is 1. The first-order valence-electron chi connectivity index (χ1n) is 6.29. The molecule has 5 nitrogen and oxygen atoms in total. The Bertz CT molecular complexity index is 230. The van der Waals surface area contributed by atoms with Gasteiger partial charge in [0.25, 0.3) is 0 Å². The Labute approximate surface area is 103 Å². The van der Waals surface area contributed by atoms with Crippen LogP contribution in [0.5, 0.6) is 0 Å². The van der Waals surface area contributed by atoms with Crippen molar-refractivity contribution in [3.8, 4) is 0 Å². The zero-order valence-electron chi connectivity index (χ0n) is 11.0. The van der Waals surface area contributed by atoms with Gasteiger partial charge < -0.3 is 20.1 Å². The molecule has 2 N–H and O–H groups in total. The van der Waals surface area contributed by atoms with Crippen molar-refractivity contribution < 1.29 is 14.3 Å². The number of hydrogen-bond acceptors (Lipinski definition) is 4. The van der Waals surface area contributed by atoms with E-state index in [1.807, 2.05) is 13.8 Å². The van der Waals surface area contributed by atoms with Crippen LogP contribution in [0, 0.1) is 0 Å². The fourth-order valence-electron chi connectivity index (χ4n) is 1.96. The second-order valence-electron chi connectivity index (χ2n) is 4.55. The minimum absolute atomic E-state index is 0.0226. The second-order valence-corrected chi connectivity index (χ2v) is 4.55. The van der Waals surface area contributed by atoms with Crippen LogP contribution < -0.4 is 10.6 Å². The molecule has 100 valence electrons. The van der Waals surface area contributed by atoms with Crippen LogP contribution in [0.3, 0.4) is 0 Å². The van der Waals surface area contributed by atoms with E-state index in [0.717, 1.165) is 19.4 Å². The van der Waals surface area contributed by atoms with Gasteiger partial charge in [-0.2, -0.15) is 0 Å². The Kier molecular flexibility index (Phi) is 6.47. The third-order valence-corrected chi connectivity index (χ3v) is 2.87. The fourth-order valence-corrected chi connectivity index (χ4v) is 1.96. The number of ether oxygens (including phenoxy) is 2. The van der Waals surface area contributed by atoms with Gasteiger partial charge in [0.05, 0.1) is 19.3 Å². The topological polar surface area (TPSA) is 59.6 Å². The Morgan fingerprint density at radius 1 is 1.47 bits per heavy atom. The van der Waals surface area contributed by atoms with Gasteiger partial charge in [-0.15, -0.1) is 0 Å². The highest BCUT2D eigenvalue weighted by Gasteiger charge is 2.29. The molecule has 1 aliphatic carbocycles. The van der Waals surface area contributed by atoms with E-state index in [1.54, 1.807) is 7.11 Å². The zero-order valence-corrected chi connectivity index (χ0v) is 11.0. The molecular weight excluding hydrogens is 220 g/mol. The monoisotopic (exact) mass is 244 g/mol. The highest BCUT2D eigenvalue weighted by Crippen LogP contribution is 2.22. The van der Waals surface area contributed by atoms with Gasteiger partial charge in [-0.05, 0) is 26.7 Å². The van der Waals surface area contributed by atoms with Crippen molar-refractivity contribution in [2.75, 3.05) is 26.9 Å². The van der Waals surface area contributed by atoms with Gasteiger partial charge in [0, 0.05) is 25.8 Å². The molecule has 0 radical (unpaired) electrons. The maximum atomic E-state index is 11.5. The maximum Gasteiger partial charge on any atom is 0.234 e. The molecule has 1 unspecified atom stereocenters. The molecule has 1 aliphatic rings. The Morgan fingerprint density at radius 2 is 2.18 bits per heavy atom. The summed E-state index contributed by atoms with van der Waals surface area (Å²) in [6, 6.07) is 0.488. The highest BCUT2D eigenvalue weighted by atomic mass is 16.5. The molecule has 1 rings (SSSR count). The molecule has 0 bridgehead atoms. The molecule has 0 aromatic heterocycles. The lowest BCUT2D eigenvalue weighted by Crippen LogP contribution is -2.49. The van der Waals surface area contributed by atoms with Crippen LogP contribution in [0.25, 0.3) is 0 Å². The van der Waals surface area contributed by atoms with E-state index in [1.165, 1.54) is 0 Å². The van der Waals surface area contributed by atoms with Crippen molar-refractivity contribution in [3.63, 3.8) is 0 Å². The first kappa shape index (κ1) is 14.4. The summed E-state index contributed by atoms with van der Waals surface area (Å²) in [6.45, 7) is 5.62.